The Morgan fingerprint density at radius 3 is 2.40 bits per heavy atom. The van der Waals surface area contributed by atoms with E-state index in [2.05, 4.69) is 20.9 Å². The second kappa shape index (κ2) is 8.13. The van der Waals surface area contributed by atoms with Crippen molar-refractivity contribution in [2.75, 3.05) is 16.4 Å². The third kappa shape index (κ3) is 4.36. The Balaban J connectivity index is 1.70. The summed E-state index contributed by atoms with van der Waals surface area (Å²) in [5, 5.41) is 0.494. The summed E-state index contributed by atoms with van der Waals surface area (Å²) in [6.45, 7) is 6.01. The summed E-state index contributed by atoms with van der Waals surface area (Å²) < 4.78 is 25.5. The van der Waals surface area contributed by atoms with Gasteiger partial charge in [0.2, 0.25) is 0 Å². The lowest BCUT2D eigenvalue weighted by atomic mass is 10.1. The lowest BCUT2D eigenvalue weighted by Crippen LogP contribution is -2.38. The number of rotatable bonds is 3. The van der Waals surface area contributed by atoms with Crippen molar-refractivity contribution in [3.63, 3.8) is 0 Å². The van der Waals surface area contributed by atoms with Crippen LogP contribution in [0.3, 0.4) is 0 Å². The molecule has 2 heterocycles. The Labute approximate surface area is 190 Å². The average Bonchev–Trinajstić information content (AvgIpc) is 3.08. The van der Waals surface area contributed by atoms with E-state index in [0.29, 0.717) is 5.17 Å². The molecule has 0 N–H and O–H groups in total. The van der Waals surface area contributed by atoms with Gasteiger partial charge in [-0.1, -0.05) is 57.5 Å². The van der Waals surface area contributed by atoms with Crippen LogP contribution in [-0.4, -0.2) is 42.3 Å². The number of halogens is 1. The fourth-order valence-electron chi connectivity index (χ4n) is 4.14. The summed E-state index contributed by atoms with van der Waals surface area (Å²) in [5.74, 6) is -0.00902. The second-order valence-electron chi connectivity index (χ2n) is 8.01. The number of thioether (sulfide) groups is 1. The predicted octanol–water partition coefficient (Wildman–Crippen LogP) is 4.22. The zero-order valence-corrected chi connectivity index (χ0v) is 20.3. The lowest BCUT2D eigenvalue weighted by Gasteiger charge is -2.28. The molecule has 2 saturated heterocycles. The molecule has 0 spiro atoms. The van der Waals surface area contributed by atoms with E-state index in [1.54, 1.807) is 0 Å². The van der Waals surface area contributed by atoms with Crippen molar-refractivity contribution in [2.24, 2.45) is 4.99 Å². The van der Waals surface area contributed by atoms with Gasteiger partial charge in [-0.15, -0.1) is 0 Å². The highest BCUT2D eigenvalue weighted by atomic mass is 79.9. The first kappa shape index (κ1) is 21.6. The molecular weight excluding hydrogens is 484 g/mol. The second-order valence-corrected chi connectivity index (χ2v) is 12.3. The number of hydrogen-bond donors (Lipinski definition) is 0. The Kier molecular flexibility index (Phi) is 5.85. The summed E-state index contributed by atoms with van der Waals surface area (Å²) in [6.07, 6.45) is 0.226. The normalized spacial score (nSPS) is 23.7. The summed E-state index contributed by atoms with van der Waals surface area (Å²) in [5.41, 5.74) is 5.04. The van der Waals surface area contributed by atoms with Gasteiger partial charge in [0.05, 0.1) is 24.0 Å². The maximum absolute atomic E-state index is 12.7. The van der Waals surface area contributed by atoms with Crippen molar-refractivity contribution in [3.05, 3.63) is 63.1 Å². The number of sulfone groups is 1. The van der Waals surface area contributed by atoms with Crippen LogP contribution in [0.2, 0.25) is 0 Å². The SMILES string of the molecule is Cc1ccc(CC(=O)N=C2S[C@H]3CS(=O)(=O)C[C@H]3N2c2c(C)cc(Br)cc2C)cc1. The van der Waals surface area contributed by atoms with Gasteiger partial charge in [-0.05, 0) is 49.6 Å². The Morgan fingerprint density at radius 1 is 1.13 bits per heavy atom. The first-order chi connectivity index (χ1) is 14.1. The number of fused-ring (bicyclic) bond motifs is 1. The van der Waals surface area contributed by atoms with Gasteiger partial charge in [0.1, 0.15) is 0 Å². The van der Waals surface area contributed by atoms with E-state index in [1.807, 2.05) is 62.1 Å². The third-order valence-corrected chi connectivity index (χ3v) is 9.13. The minimum atomic E-state index is -3.10. The number of aliphatic imine (C=N–C) groups is 1. The number of nitrogens with zero attached hydrogens (tertiary/aromatic N) is 2. The van der Waals surface area contributed by atoms with Crippen molar-refractivity contribution in [1.82, 2.24) is 0 Å². The van der Waals surface area contributed by atoms with Crippen LogP contribution in [0.1, 0.15) is 22.3 Å². The molecule has 2 atom stereocenters. The Hall–Kier alpha value is -1.64. The fraction of sp³-hybridized carbons (Fsp3) is 0.364. The number of anilines is 1. The molecule has 2 aromatic carbocycles. The fourth-order valence-corrected chi connectivity index (χ4v) is 8.74. The molecule has 8 heteroatoms. The van der Waals surface area contributed by atoms with Crippen LogP contribution in [0, 0.1) is 20.8 Å². The van der Waals surface area contributed by atoms with Crippen molar-refractivity contribution >= 4 is 54.3 Å². The first-order valence-electron chi connectivity index (χ1n) is 9.73. The molecule has 0 aliphatic carbocycles. The number of amidine groups is 1. The van der Waals surface area contributed by atoms with Crippen LogP contribution in [0.5, 0.6) is 0 Å². The maximum atomic E-state index is 12.7. The highest BCUT2D eigenvalue weighted by Crippen LogP contribution is 2.43. The summed E-state index contributed by atoms with van der Waals surface area (Å²) in [7, 11) is -3.10. The monoisotopic (exact) mass is 506 g/mol. The molecule has 0 bridgehead atoms. The number of amides is 1. The minimum absolute atomic E-state index is 0.0881. The predicted molar refractivity (Wildman–Crippen MR) is 127 cm³/mol. The molecule has 2 aliphatic heterocycles. The van der Waals surface area contributed by atoms with Crippen molar-refractivity contribution in [1.29, 1.82) is 0 Å². The molecule has 0 radical (unpaired) electrons. The van der Waals surface area contributed by atoms with Crippen LogP contribution in [0.4, 0.5) is 5.69 Å². The molecular formula is C22H23BrN2O3S2. The van der Waals surface area contributed by atoms with Gasteiger partial charge in [-0.3, -0.25) is 4.79 Å². The third-order valence-electron chi connectivity index (χ3n) is 5.46. The zero-order chi connectivity index (χ0) is 21.6. The van der Waals surface area contributed by atoms with Crippen LogP contribution in [-0.2, 0) is 21.1 Å². The van der Waals surface area contributed by atoms with E-state index in [9.17, 15) is 13.2 Å². The van der Waals surface area contributed by atoms with Crippen LogP contribution >= 0.6 is 27.7 Å². The maximum Gasteiger partial charge on any atom is 0.252 e. The van der Waals surface area contributed by atoms with Gasteiger partial charge < -0.3 is 4.90 Å². The number of aryl methyl sites for hydroxylation is 3. The molecule has 4 rings (SSSR count). The van der Waals surface area contributed by atoms with E-state index in [0.717, 1.165) is 32.4 Å². The molecule has 0 aromatic heterocycles. The van der Waals surface area contributed by atoms with Gasteiger partial charge >= 0.3 is 0 Å². The number of carbonyl (C=O) groups excluding carboxylic acids is 1. The summed E-state index contributed by atoms with van der Waals surface area (Å²) in [4.78, 5) is 19.2. The number of benzene rings is 2. The van der Waals surface area contributed by atoms with Crippen LogP contribution < -0.4 is 4.90 Å². The highest BCUT2D eigenvalue weighted by Gasteiger charge is 2.50. The largest absolute Gasteiger partial charge is 0.315 e. The molecule has 2 aromatic rings. The molecule has 2 aliphatic rings. The topological polar surface area (TPSA) is 66.8 Å². The molecule has 2 fully saturated rings. The van der Waals surface area contributed by atoms with E-state index in [1.165, 1.54) is 11.8 Å². The van der Waals surface area contributed by atoms with Crippen LogP contribution in [0.15, 0.2) is 45.9 Å². The van der Waals surface area contributed by atoms with Gasteiger partial charge in [-0.2, -0.15) is 4.99 Å². The highest BCUT2D eigenvalue weighted by molar-refractivity contribution is 9.10. The van der Waals surface area contributed by atoms with E-state index < -0.39 is 9.84 Å². The van der Waals surface area contributed by atoms with E-state index >= 15 is 0 Å². The molecule has 0 saturated carbocycles. The average molecular weight is 507 g/mol. The first-order valence-corrected chi connectivity index (χ1v) is 13.2. The Morgan fingerprint density at radius 2 is 1.77 bits per heavy atom. The van der Waals surface area contributed by atoms with Crippen molar-refractivity contribution < 1.29 is 13.2 Å². The van der Waals surface area contributed by atoms with Crippen LogP contribution in [0.25, 0.3) is 0 Å². The molecule has 1 amide bonds. The molecule has 5 nitrogen and oxygen atoms in total. The van der Waals surface area contributed by atoms with Crippen molar-refractivity contribution in [3.8, 4) is 0 Å². The standard InChI is InChI=1S/C22H23BrN2O3S2/c1-13-4-6-16(7-5-13)10-20(26)24-22-25(18-11-30(27,28)12-19(18)29-22)21-14(2)8-17(23)9-15(21)3/h4-9,18-19H,10-12H2,1-3H3/t18-,19+/m1/s1. The summed E-state index contributed by atoms with van der Waals surface area (Å²) >= 11 is 4.94. The quantitative estimate of drug-likeness (QED) is 0.623. The molecule has 158 valence electrons. The summed E-state index contributed by atoms with van der Waals surface area (Å²) in [6, 6.07) is 11.7. The smallest absolute Gasteiger partial charge is 0.252 e. The molecule has 30 heavy (non-hydrogen) atoms. The minimum Gasteiger partial charge on any atom is -0.315 e. The Bertz CT molecular complexity index is 1120. The van der Waals surface area contributed by atoms with Gasteiger partial charge in [-0.25, -0.2) is 8.42 Å². The number of hydrogen-bond acceptors (Lipinski definition) is 4. The van der Waals surface area contributed by atoms with E-state index in [4.69, 9.17) is 0 Å². The van der Waals surface area contributed by atoms with Gasteiger partial charge in [0, 0.05) is 15.4 Å². The lowest BCUT2D eigenvalue weighted by molar-refractivity contribution is -0.117. The zero-order valence-electron chi connectivity index (χ0n) is 17.1. The van der Waals surface area contributed by atoms with Gasteiger partial charge in [0.15, 0.2) is 15.0 Å². The van der Waals surface area contributed by atoms with E-state index in [-0.39, 0.29) is 35.1 Å². The van der Waals surface area contributed by atoms with Crippen molar-refractivity contribution in [2.45, 2.75) is 38.5 Å². The number of carbonyl (C=O) groups is 1. The molecule has 0 unspecified atom stereocenters. The van der Waals surface area contributed by atoms with Gasteiger partial charge in [0.25, 0.3) is 5.91 Å².